The number of cyclic esters (lactones) is 2. The van der Waals surface area contributed by atoms with Crippen LogP contribution in [0.25, 0.3) is 11.1 Å². The van der Waals surface area contributed by atoms with Gasteiger partial charge in [-0.25, -0.2) is 18.4 Å². The first-order valence-corrected chi connectivity index (χ1v) is 16.0. The van der Waals surface area contributed by atoms with E-state index < -0.39 is 29.0 Å². The monoisotopic (exact) mass is 676 g/mol. The van der Waals surface area contributed by atoms with Crippen molar-refractivity contribution in [1.82, 2.24) is 0 Å². The highest BCUT2D eigenvalue weighted by Crippen LogP contribution is 2.56. The van der Waals surface area contributed by atoms with Gasteiger partial charge in [0.05, 0.1) is 23.0 Å². The van der Waals surface area contributed by atoms with Gasteiger partial charge < -0.3 is 14.2 Å². The van der Waals surface area contributed by atoms with Crippen LogP contribution in [-0.2, 0) is 10.2 Å². The second-order valence-corrected chi connectivity index (χ2v) is 12.5. The van der Waals surface area contributed by atoms with Crippen LogP contribution in [-0.4, -0.2) is 23.5 Å². The fourth-order valence-corrected chi connectivity index (χ4v) is 7.44. The Kier molecular flexibility index (Phi) is 6.63. The van der Waals surface area contributed by atoms with Crippen LogP contribution in [0.2, 0.25) is 0 Å². The van der Waals surface area contributed by atoms with Gasteiger partial charge in [-0.15, -0.1) is 0 Å². The van der Waals surface area contributed by atoms with Crippen molar-refractivity contribution < 1.29 is 42.2 Å². The maximum Gasteiger partial charge on any atom is 0.347 e. The van der Waals surface area contributed by atoms with E-state index in [0.29, 0.717) is 16.7 Å². The Morgan fingerprint density at radius 3 is 1.55 bits per heavy atom. The molecule has 9 rings (SSSR count). The normalized spacial score (nSPS) is 14.9. The van der Waals surface area contributed by atoms with Gasteiger partial charge in [-0.1, -0.05) is 60.7 Å². The van der Waals surface area contributed by atoms with E-state index in [4.69, 9.17) is 9.47 Å². The van der Waals surface area contributed by atoms with Crippen LogP contribution in [0.1, 0.15) is 70.1 Å². The molecular weight excluding hydrogens is 654 g/mol. The Labute approximate surface area is 288 Å². The third-order valence-electron chi connectivity index (χ3n) is 9.67. The summed E-state index contributed by atoms with van der Waals surface area (Å²) in [6.07, 6.45) is -0.201. The third kappa shape index (κ3) is 4.55. The second-order valence-electron chi connectivity index (χ2n) is 12.5. The molecule has 3 aliphatic rings. The Bertz CT molecular complexity index is 2380. The average Bonchev–Trinajstić information content (AvgIpc) is 3.71. The number of benzene rings is 6. The molecule has 0 aromatic heterocycles. The number of carbonyl (C=O) groups excluding carboxylic acids is 4. The number of ketones is 2. The van der Waals surface area contributed by atoms with Crippen LogP contribution in [0, 0.1) is 11.6 Å². The molecule has 2 aliphatic carbocycles. The third-order valence-corrected chi connectivity index (χ3v) is 9.67. The maximum atomic E-state index is 16.2. The van der Waals surface area contributed by atoms with Crippen LogP contribution in [0.4, 0.5) is 8.78 Å². The van der Waals surface area contributed by atoms with Crippen molar-refractivity contribution in [1.29, 1.82) is 0 Å². The highest BCUT2D eigenvalue weighted by atomic mass is 19.1. The average molecular weight is 677 g/mol. The quantitative estimate of drug-likeness (QED) is 0.128. The molecule has 7 nitrogen and oxygen atoms in total. The number of ether oxygens (including phenoxy) is 3. The van der Waals surface area contributed by atoms with Crippen molar-refractivity contribution in [2.45, 2.75) is 11.8 Å². The van der Waals surface area contributed by atoms with E-state index in [1.807, 2.05) is 48.5 Å². The highest BCUT2D eigenvalue weighted by Gasteiger charge is 2.46. The Hall–Kier alpha value is -6.74. The Balaban J connectivity index is 1.14. The largest absolute Gasteiger partial charge is 0.454 e. The lowest BCUT2D eigenvalue weighted by molar-refractivity contribution is 0.0443. The fourth-order valence-electron chi connectivity index (χ4n) is 7.44. The van der Waals surface area contributed by atoms with Gasteiger partial charge in [-0.3, -0.25) is 9.59 Å². The predicted molar refractivity (Wildman–Crippen MR) is 180 cm³/mol. The Morgan fingerprint density at radius 2 is 0.980 bits per heavy atom. The smallest absolute Gasteiger partial charge is 0.347 e. The van der Waals surface area contributed by atoms with E-state index in [2.05, 4.69) is 4.74 Å². The summed E-state index contributed by atoms with van der Waals surface area (Å²) in [5, 5.41) is 0. The molecule has 0 saturated heterocycles. The van der Waals surface area contributed by atoms with Gasteiger partial charge in [0, 0.05) is 11.1 Å². The van der Waals surface area contributed by atoms with Gasteiger partial charge in [0.2, 0.25) is 0 Å². The molecular formula is C42H22F2O7. The van der Waals surface area contributed by atoms with Crippen molar-refractivity contribution in [3.63, 3.8) is 0 Å². The number of Topliss-reactive ketones (excluding diaryl/α,β-unsaturated/α-hetero) is 2. The minimum atomic E-state index is -1.16. The summed E-state index contributed by atoms with van der Waals surface area (Å²) < 4.78 is 48.7. The van der Waals surface area contributed by atoms with Crippen LogP contribution in [0.5, 0.6) is 23.0 Å². The summed E-state index contributed by atoms with van der Waals surface area (Å²) in [4.78, 5) is 48.3. The minimum Gasteiger partial charge on any atom is -0.454 e. The number of hydrogen-bond donors (Lipinski definition) is 0. The zero-order chi connectivity index (χ0) is 35.0. The molecule has 1 aliphatic heterocycles. The number of rotatable bonds is 6. The second kappa shape index (κ2) is 11.1. The van der Waals surface area contributed by atoms with Gasteiger partial charge in [-0.2, -0.15) is 0 Å². The molecule has 0 bridgehead atoms. The van der Waals surface area contributed by atoms with Gasteiger partial charge >= 0.3 is 11.9 Å². The zero-order valence-corrected chi connectivity index (χ0v) is 26.4. The van der Waals surface area contributed by atoms with Crippen molar-refractivity contribution in [3.05, 3.63) is 177 Å². The van der Waals surface area contributed by atoms with E-state index in [1.54, 1.807) is 12.1 Å². The van der Waals surface area contributed by atoms with Crippen molar-refractivity contribution in [2.24, 2.45) is 0 Å². The van der Waals surface area contributed by atoms with E-state index in [0.717, 1.165) is 22.3 Å². The first kappa shape index (κ1) is 30.3. The molecule has 0 unspecified atom stereocenters. The summed E-state index contributed by atoms with van der Waals surface area (Å²) >= 11 is 0. The molecule has 0 saturated carbocycles. The minimum absolute atomic E-state index is 0.0295. The molecule has 51 heavy (non-hydrogen) atoms. The maximum absolute atomic E-state index is 16.2. The Morgan fingerprint density at radius 1 is 0.490 bits per heavy atom. The summed E-state index contributed by atoms with van der Waals surface area (Å²) in [6, 6.07) is 33.2. The SMILES string of the molecule is O=C1CC(=O)c2cc(Oc3ccc(C4(c5ccc(Oc6ccc7c(c6)C(=O)OC7=O)c(F)c5)c5ccccc5-c5ccccc54)cc3F)ccc21. The molecule has 9 heteroatoms. The number of hydrogen-bond acceptors (Lipinski definition) is 7. The van der Waals surface area contributed by atoms with Crippen LogP contribution >= 0.6 is 0 Å². The molecule has 6 aromatic rings. The van der Waals surface area contributed by atoms with Crippen LogP contribution in [0.15, 0.2) is 121 Å². The van der Waals surface area contributed by atoms with Crippen molar-refractivity contribution in [3.8, 4) is 34.1 Å². The van der Waals surface area contributed by atoms with E-state index in [9.17, 15) is 19.2 Å². The van der Waals surface area contributed by atoms with E-state index in [-0.39, 0.29) is 57.7 Å². The zero-order valence-electron chi connectivity index (χ0n) is 26.4. The van der Waals surface area contributed by atoms with E-state index >= 15 is 8.78 Å². The highest BCUT2D eigenvalue weighted by molar-refractivity contribution is 6.24. The van der Waals surface area contributed by atoms with Gasteiger partial charge in [0.25, 0.3) is 0 Å². The molecule has 0 atom stereocenters. The van der Waals surface area contributed by atoms with Gasteiger partial charge in [0.15, 0.2) is 34.7 Å². The molecule has 0 N–H and O–H groups in total. The van der Waals surface area contributed by atoms with Crippen molar-refractivity contribution >= 4 is 23.5 Å². The molecule has 6 aromatic carbocycles. The van der Waals surface area contributed by atoms with Crippen molar-refractivity contribution in [2.75, 3.05) is 0 Å². The standard InChI is InChI=1S/C42H22F2O7/c43-34-17-22(9-15-38(34)49-24-11-13-28-30(19-24)37(46)21-36(28)45)42(32-7-3-1-5-26(32)27-6-2-4-8-33(27)42)23-10-16-39(35(44)18-23)50-25-12-14-29-31(20-25)41(48)51-40(29)47/h1-20H,21H2. The molecule has 0 fully saturated rings. The lowest BCUT2D eigenvalue weighted by Gasteiger charge is -2.34. The van der Waals surface area contributed by atoms with Crippen LogP contribution in [0.3, 0.4) is 0 Å². The lowest BCUT2D eigenvalue weighted by atomic mass is 9.67. The molecule has 0 spiro atoms. The first-order chi connectivity index (χ1) is 24.7. The van der Waals surface area contributed by atoms with Gasteiger partial charge in [0.1, 0.15) is 11.5 Å². The number of halogens is 2. The fraction of sp³-hybridized carbons (Fsp3) is 0.0476. The molecule has 0 radical (unpaired) electrons. The summed E-state index contributed by atoms with van der Waals surface area (Å²) in [5.74, 6) is -3.42. The molecule has 0 amide bonds. The summed E-state index contributed by atoms with van der Waals surface area (Å²) in [5.41, 5.74) is 4.00. The summed E-state index contributed by atoms with van der Waals surface area (Å²) in [6.45, 7) is 0. The number of fused-ring (bicyclic) bond motifs is 5. The van der Waals surface area contributed by atoms with E-state index in [1.165, 1.54) is 60.7 Å². The van der Waals surface area contributed by atoms with Crippen LogP contribution < -0.4 is 9.47 Å². The number of esters is 2. The summed E-state index contributed by atoms with van der Waals surface area (Å²) in [7, 11) is 0. The molecule has 246 valence electrons. The topological polar surface area (TPSA) is 96.0 Å². The first-order valence-electron chi connectivity index (χ1n) is 16.0. The lowest BCUT2D eigenvalue weighted by Crippen LogP contribution is -2.29. The number of carbonyl (C=O) groups is 4. The molecule has 1 heterocycles. The predicted octanol–water partition coefficient (Wildman–Crippen LogP) is 8.99. The van der Waals surface area contributed by atoms with Gasteiger partial charge in [-0.05, 0) is 94.0 Å².